The molecule has 3 aromatic rings. The normalized spacial score (nSPS) is 13.1. The Morgan fingerprint density at radius 3 is 2.71 bits per heavy atom. The first-order chi connectivity index (χ1) is 10.7. The van der Waals surface area contributed by atoms with Crippen molar-refractivity contribution in [1.29, 1.82) is 0 Å². The van der Waals surface area contributed by atoms with Crippen molar-refractivity contribution < 1.29 is 0 Å². The van der Waals surface area contributed by atoms with Crippen molar-refractivity contribution in [3.8, 4) is 0 Å². The Kier molecular flexibility index (Phi) is 5.62. The second-order valence-electron chi connectivity index (χ2n) is 6.00. The van der Waals surface area contributed by atoms with Gasteiger partial charge in [-0.1, -0.05) is 12.1 Å². The largest absolute Gasteiger partial charge is 0.398 e. The number of imidazole rings is 1. The summed E-state index contributed by atoms with van der Waals surface area (Å²) in [6.45, 7) is 4.00. The van der Waals surface area contributed by atoms with E-state index in [1.165, 1.54) is 16.9 Å². The molecule has 3 heterocycles. The van der Waals surface area contributed by atoms with Gasteiger partial charge in [0.05, 0.1) is 12.2 Å². The second kappa shape index (κ2) is 7.32. The molecule has 0 radical (unpaired) electrons. The van der Waals surface area contributed by atoms with Crippen LogP contribution in [-0.4, -0.2) is 15.9 Å². The molecule has 24 heavy (non-hydrogen) atoms. The molecule has 1 aliphatic heterocycles. The number of pyridine rings is 1. The zero-order chi connectivity index (χ0) is 15.1. The van der Waals surface area contributed by atoms with E-state index in [0.29, 0.717) is 0 Å². The van der Waals surface area contributed by atoms with Crippen molar-refractivity contribution >= 4 is 41.8 Å². The highest BCUT2D eigenvalue weighted by molar-refractivity contribution is 5.85. The summed E-state index contributed by atoms with van der Waals surface area (Å²) in [5.41, 5.74) is 12.9. The van der Waals surface area contributed by atoms with E-state index in [9.17, 15) is 0 Å². The predicted octanol–water partition coefficient (Wildman–Crippen LogP) is 4.02. The lowest BCUT2D eigenvalue weighted by Gasteiger charge is -2.31. The minimum Gasteiger partial charge on any atom is -0.398 e. The maximum atomic E-state index is 6.13. The van der Waals surface area contributed by atoms with Crippen LogP contribution in [0, 0.1) is 6.92 Å². The lowest BCUT2D eigenvalue weighted by atomic mass is 10.00. The molecular weight excluding hydrogens is 343 g/mol. The van der Waals surface area contributed by atoms with Crippen LogP contribution in [0.2, 0.25) is 0 Å². The Morgan fingerprint density at radius 1 is 1.12 bits per heavy atom. The van der Waals surface area contributed by atoms with E-state index >= 15 is 0 Å². The van der Waals surface area contributed by atoms with Crippen LogP contribution in [0.3, 0.4) is 0 Å². The Bertz CT molecular complexity index is 844. The lowest BCUT2D eigenvalue weighted by Crippen LogP contribution is -2.29. The van der Waals surface area contributed by atoms with Gasteiger partial charge in [0.1, 0.15) is 5.65 Å². The van der Waals surface area contributed by atoms with Crippen LogP contribution in [0.1, 0.15) is 23.4 Å². The first-order valence-electron chi connectivity index (χ1n) is 7.78. The minimum atomic E-state index is 0. The van der Waals surface area contributed by atoms with Gasteiger partial charge in [0.2, 0.25) is 0 Å². The van der Waals surface area contributed by atoms with Gasteiger partial charge in [-0.25, -0.2) is 4.98 Å². The summed E-state index contributed by atoms with van der Waals surface area (Å²) < 4.78 is 2.15. The van der Waals surface area contributed by atoms with Gasteiger partial charge in [0.25, 0.3) is 0 Å². The Balaban J connectivity index is 0.00000104. The molecular formula is C18H22Cl2N4. The number of aryl methyl sites for hydroxylation is 1. The number of halogens is 2. The maximum absolute atomic E-state index is 6.13. The smallest absolute Gasteiger partial charge is 0.137 e. The molecule has 0 spiro atoms. The fourth-order valence-electron chi connectivity index (χ4n) is 3.36. The SMILES string of the molecule is Cc1cccc2nc(CN3CCCc4c(N)cccc43)cn12.Cl.Cl. The number of nitrogen functional groups attached to an aromatic ring is 1. The summed E-state index contributed by atoms with van der Waals surface area (Å²) >= 11 is 0. The highest BCUT2D eigenvalue weighted by Gasteiger charge is 2.19. The molecule has 0 bridgehead atoms. The molecule has 1 aliphatic rings. The number of fused-ring (bicyclic) bond motifs is 2. The van der Waals surface area contributed by atoms with E-state index in [1.807, 2.05) is 12.1 Å². The number of nitrogens with two attached hydrogens (primary N) is 1. The van der Waals surface area contributed by atoms with Gasteiger partial charge >= 0.3 is 0 Å². The third-order valence-corrected chi connectivity index (χ3v) is 4.48. The van der Waals surface area contributed by atoms with E-state index in [-0.39, 0.29) is 24.8 Å². The zero-order valence-electron chi connectivity index (χ0n) is 13.6. The number of hydrogen-bond donors (Lipinski definition) is 1. The van der Waals surface area contributed by atoms with Crippen LogP contribution in [0.4, 0.5) is 11.4 Å². The average Bonchev–Trinajstić information content (AvgIpc) is 2.92. The number of rotatable bonds is 2. The van der Waals surface area contributed by atoms with Crippen LogP contribution < -0.4 is 10.6 Å². The Morgan fingerprint density at radius 2 is 1.92 bits per heavy atom. The van der Waals surface area contributed by atoms with Crippen molar-refractivity contribution in [1.82, 2.24) is 9.38 Å². The monoisotopic (exact) mass is 364 g/mol. The highest BCUT2D eigenvalue weighted by atomic mass is 35.5. The average molecular weight is 365 g/mol. The molecule has 0 saturated heterocycles. The topological polar surface area (TPSA) is 46.6 Å². The van der Waals surface area contributed by atoms with Gasteiger partial charge in [-0.15, -0.1) is 24.8 Å². The molecule has 4 rings (SSSR count). The van der Waals surface area contributed by atoms with Crippen LogP contribution in [0.5, 0.6) is 0 Å². The fourth-order valence-corrected chi connectivity index (χ4v) is 3.36. The van der Waals surface area contributed by atoms with Gasteiger partial charge < -0.3 is 15.0 Å². The molecule has 2 aromatic heterocycles. The number of aromatic nitrogens is 2. The van der Waals surface area contributed by atoms with Gasteiger partial charge in [-0.2, -0.15) is 0 Å². The molecule has 0 atom stereocenters. The fraction of sp³-hybridized carbons (Fsp3) is 0.278. The van der Waals surface area contributed by atoms with Crippen molar-refractivity contribution in [2.45, 2.75) is 26.3 Å². The minimum absolute atomic E-state index is 0. The quantitative estimate of drug-likeness (QED) is 0.698. The number of hydrogen-bond acceptors (Lipinski definition) is 3. The summed E-state index contributed by atoms with van der Waals surface area (Å²) in [6, 6.07) is 12.4. The molecule has 0 saturated carbocycles. The second-order valence-corrected chi connectivity index (χ2v) is 6.00. The summed E-state index contributed by atoms with van der Waals surface area (Å²) in [5, 5.41) is 0. The summed E-state index contributed by atoms with van der Waals surface area (Å²) in [4.78, 5) is 7.15. The van der Waals surface area contributed by atoms with Crippen LogP contribution in [-0.2, 0) is 13.0 Å². The molecule has 6 heteroatoms. The Hall–Kier alpha value is -1.91. The molecule has 2 N–H and O–H groups in total. The van der Waals surface area contributed by atoms with Gasteiger partial charge in [0.15, 0.2) is 0 Å². The van der Waals surface area contributed by atoms with Crippen LogP contribution in [0.15, 0.2) is 42.6 Å². The number of nitrogens with zero attached hydrogens (tertiary/aromatic N) is 3. The standard InChI is InChI=1S/C18H20N4.2ClH/c1-13-5-2-9-18-20-14(12-22(13)18)11-21-10-4-6-15-16(19)7-3-8-17(15)21;;/h2-3,5,7-9,12H,4,6,10-11,19H2,1H3;2*1H. The van der Waals surface area contributed by atoms with Gasteiger partial charge in [-0.3, -0.25) is 0 Å². The molecule has 0 amide bonds. The highest BCUT2D eigenvalue weighted by Crippen LogP contribution is 2.32. The predicted molar refractivity (Wildman–Crippen MR) is 105 cm³/mol. The van der Waals surface area contributed by atoms with E-state index in [0.717, 1.165) is 43.0 Å². The molecule has 0 aliphatic carbocycles. The number of benzene rings is 1. The van der Waals surface area contributed by atoms with E-state index in [2.05, 4.69) is 46.7 Å². The van der Waals surface area contributed by atoms with Crippen molar-refractivity contribution in [2.24, 2.45) is 0 Å². The van der Waals surface area contributed by atoms with Crippen molar-refractivity contribution in [3.63, 3.8) is 0 Å². The zero-order valence-corrected chi connectivity index (χ0v) is 15.2. The molecule has 1 aromatic carbocycles. The number of anilines is 2. The summed E-state index contributed by atoms with van der Waals surface area (Å²) in [6.07, 6.45) is 4.36. The van der Waals surface area contributed by atoms with Gasteiger partial charge in [-0.05, 0) is 49.6 Å². The molecule has 128 valence electrons. The van der Waals surface area contributed by atoms with E-state index in [1.54, 1.807) is 0 Å². The lowest BCUT2D eigenvalue weighted by molar-refractivity contribution is 0.687. The van der Waals surface area contributed by atoms with Gasteiger partial charge in [0, 0.05) is 29.8 Å². The van der Waals surface area contributed by atoms with Crippen molar-refractivity contribution in [3.05, 3.63) is 59.5 Å². The first-order valence-corrected chi connectivity index (χ1v) is 7.78. The van der Waals surface area contributed by atoms with Crippen LogP contribution >= 0.6 is 24.8 Å². The van der Waals surface area contributed by atoms with E-state index < -0.39 is 0 Å². The first kappa shape index (κ1) is 18.4. The van der Waals surface area contributed by atoms with E-state index in [4.69, 9.17) is 10.7 Å². The third-order valence-electron chi connectivity index (χ3n) is 4.48. The molecule has 4 nitrogen and oxygen atoms in total. The van der Waals surface area contributed by atoms with Crippen LogP contribution in [0.25, 0.3) is 5.65 Å². The molecule has 0 unspecified atom stereocenters. The third kappa shape index (κ3) is 3.17. The maximum Gasteiger partial charge on any atom is 0.137 e. The Labute approximate surface area is 154 Å². The summed E-state index contributed by atoms with van der Waals surface area (Å²) in [7, 11) is 0. The summed E-state index contributed by atoms with van der Waals surface area (Å²) in [5.74, 6) is 0. The van der Waals surface area contributed by atoms with Crippen molar-refractivity contribution in [2.75, 3.05) is 17.2 Å². The molecule has 0 fully saturated rings.